The molecule has 0 spiro atoms. The minimum atomic E-state index is -0.354. The number of hydrogen-bond acceptors (Lipinski definition) is 3. The molecule has 4 nitrogen and oxygen atoms in total. The van der Waals surface area contributed by atoms with Gasteiger partial charge in [-0.3, -0.25) is 9.59 Å². The summed E-state index contributed by atoms with van der Waals surface area (Å²) in [5, 5.41) is 5.49. The first kappa shape index (κ1) is 18.0. The largest absolute Gasteiger partial charge is 0.351 e. The molecule has 0 radical (unpaired) electrons. The van der Waals surface area contributed by atoms with Crippen molar-refractivity contribution in [2.24, 2.45) is 0 Å². The van der Waals surface area contributed by atoms with Crippen molar-refractivity contribution in [1.29, 1.82) is 0 Å². The SMILES string of the molecule is Cc1ccccc1CNC(=O)CSCC(=O)Nc1ccc(F)cc1. The van der Waals surface area contributed by atoms with Gasteiger partial charge in [0.15, 0.2) is 0 Å². The van der Waals surface area contributed by atoms with Crippen molar-refractivity contribution >= 4 is 29.3 Å². The number of hydrogen-bond donors (Lipinski definition) is 2. The van der Waals surface area contributed by atoms with Crippen LogP contribution >= 0.6 is 11.8 Å². The quantitative estimate of drug-likeness (QED) is 0.810. The van der Waals surface area contributed by atoms with Gasteiger partial charge in [0, 0.05) is 12.2 Å². The number of benzene rings is 2. The highest BCUT2D eigenvalue weighted by atomic mass is 32.2. The van der Waals surface area contributed by atoms with Crippen LogP contribution in [-0.4, -0.2) is 23.3 Å². The molecule has 0 unspecified atom stereocenters. The van der Waals surface area contributed by atoms with Crippen molar-refractivity contribution in [3.8, 4) is 0 Å². The molecule has 0 heterocycles. The summed E-state index contributed by atoms with van der Waals surface area (Å²) in [5.41, 5.74) is 2.74. The molecule has 2 N–H and O–H groups in total. The van der Waals surface area contributed by atoms with E-state index in [0.29, 0.717) is 12.2 Å². The first-order chi connectivity index (χ1) is 11.5. The molecular weight excluding hydrogens is 327 g/mol. The predicted octanol–water partition coefficient (Wildman–Crippen LogP) is 3.12. The number of carbonyl (C=O) groups is 2. The summed E-state index contributed by atoms with van der Waals surface area (Å²) in [7, 11) is 0. The summed E-state index contributed by atoms with van der Waals surface area (Å²) < 4.78 is 12.8. The van der Waals surface area contributed by atoms with Crippen LogP contribution in [0.2, 0.25) is 0 Å². The van der Waals surface area contributed by atoms with Crippen molar-refractivity contribution in [3.63, 3.8) is 0 Å². The zero-order chi connectivity index (χ0) is 17.4. The molecule has 6 heteroatoms. The van der Waals surface area contributed by atoms with E-state index in [1.807, 2.05) is 31.2 Å². The molecule has 0 saturated heterocycles. The molecule has 0 aromatic heterocycles. The van der Waals surface area contributed by atoms with Crippen LogP contribution in [0.1, 0.15) is 11.1 Å². The van der Waals surface area contributed by atoms with Gasteiger partial charge in [0.05, 0.1) is 11.5 Å². The number of amides is 2. The second-order valence-electron chi connectivity index (χ2n) is 5.25. The zero-order valence-corrected chi connectivity index (χ0v) is 14.2. The number of nitrogens with one attached hydrogen (secondary N) is 2. The van der Waals surface area contributed by atoms with Gasteiger partial charge in [0.1, 0.15) is 5.82 Å². The van der Waals surface area contributed by atoms with Crippen LogP contribution in [-0.2, 0) is 16.1 Å². The number of halogens is 1. The highest BCUT2D eigenvalue weighted by molar-refractivity contribution is 8.00. The number of carbonyl (C=O) groups excluding carboxylic acids is 2. The lowest BCUT2D eigenvalue weighted by Crippen LogP contribution is -2.26. The van der Waals surface area contributed by atoms with Gasteiger partial charge in [-0.15, -0.1) is 11.8 Å². The molecular formula is C18H19FN2O2S. The van der Waals surface area contributed by atoms with Crippen molar-refractivity contribution in [2.75, 3.05) is 16.8 Å². The molecule has 2 amide bonds. The first-order valence-electron chi connectivity index (χ1n) is 7.49. The molecule has 0 aliphatic heterocycles. The molecule has 0 fully saturated rings. The van der Waals surface area contributed by atoms with Gasteiger partial charge < -0.3 is 10.6 Å². The Morgan fingerprint density at radius 3 is 2.38 bits per heavy atom. The number of thioether (sulfide) groups is 1. The Bertz CT molecular complexity index is 704. The molecule has 0 saturated carbocycles. The first-order valence-corrected chi connectivity index (χ1v) is 8.64. The lowest BCUT2D eigenvalue weighted by Gasteiger charge is -2.08. The van der Waals surface area contributed by atoms with E-state index in [4.69, 9.17) is 0 Å². The number of anilines is 1. The third-order valence-electron chi connectivity index (χ3n) is 3.33. The molecule has 0 aliphatic rings. The monoisotopic (exact) mass is 346 g/mol. The maximum atomic E-state index is 12.8. The Hall–Kier alpha value is -2.34. The minimum Gasteiger partial charge on any atom is -0.351 e. The smallest absolute Gasteiger partial charge is 0.234 e. The molecule has 2 aromatic rings. The van der Waals surface area contributed by atoms with Gasteiger partial charge in [0.25, 0.3) is 0 Å². The summed E-state index contributed by atoms with van der Waals surface area (Å²) in [6.07, 6.45) is 0. The van der Waals surface area contributed by atoms with E-state index in [1.165, 1.54) is 36.0 Å². The van der Waals surface area contributed by atoms with E-state index < -0.39 is 0 Å². The Kier molecular flexibility index (Phi) is 6.81. The minimum absolute atomic E-state index is 0.113. The summed E-state index contributed by atoms with van der Waals surface area (Å²) in [6, 6.07) is 13.4. The van der Waals surface area contributed by atoms with Crippen LogP contribution in [0.25, 0.3) is 0 Å². The maximum Gasteiger partial charge on any atom is 0.234 e. The Morgan fingerprint density at radius 1 is 1.00 bits per heavy atom. The zero-order valence-electron chi connectivity index (χ0n) is 13.3. The van der Waals surface area contributed by atoms with Crippen molar-refractivity contribution in [3.05, 3.63) is 65.5 Å². The lowest BCUT2D eigenvalue weighted by molar-refractivity contribution is -0.118. The van der Waals surface area contributed by atoms with Crippen molar-refractivity contribution < 1.29 is 14.0 Å². The van der Waals surface area contributed by atoms with E-state index in [9.17, 15) is 14.0 Å². The third-order valence-corrected chi connectivity index (χ3v) is 4.26. The van der Waals surface area contributed by atoms with E-state index >= 15 is 0 Å². The molecule has 0 atom stereocenters. The summed E-state index contributed by atoms with van der Waals surface area (Å²) in [6.45, 7) is 2.48. The average molecular weight is 346 g/mol. The molecule has 0 aliphatic carbocycles. The third kappa shape index (κ3) is 6.04. The van der Waals surface area contributed by atoms with E-state index in [1.54, 1.807) is 0 Å². The number of rotatable bonds is 7. The van der Waals surface area contributed by atoms with E-state index in [-0.39, 0.29) is 29.1 Å². The molecule has 2 rings (SSSR count). The maximum absolute atomic E-state index is 12.8. The van der Waals surface area contributed by atoms with Gasteiger partial charge in [0.2, 0.25) is 11.8 Å². The van der Waals surface area contributed by atoms with Gasteiger partial charge >= 0.3 is 0 Å². The summed E-state index contributed by atoms with van der Waals surface area (Å²) >= 11 is 1.23. The Morgan fingerprint density at radius 2 is 1.67 bits per heavy atom. The van der Waals surface area contributed by atoms with Crippen LogP contribution in [0, 0.1) is 12.7 Å². The van der Waals surface area contributed by atoms with Crippen LogP contribution in [0.3, 0.4) is 0 Å². The normalized spacial score (nSPS) is 10.2. The second kappa shape index (κ2) is 9.08. The summed E-state index contributed by atoms with van der Waals surface area (Å²) in [5.74, 6) is -0.318. The van der Waals surface area contributed by atoms with Gasteiger partial charge in [-0.1, -0.05) is 24.3 Å². The highest BCUT2D eigenvalue weighted by Crippen LogP contribution is 2.10. The molecule has 24 heavy (non-hydrogen) atoms. The van der Waals surface area contributed by atoms with E-state index in [0.717, 1.165) is 11.1 Å². The van der Waals surface area contributed by atoms with Crippen LogP contribution < -0.4 is 10.6 Å². The van der Waals surface area contributed by atoms with Gasteiger partial charge in [-0.25, -0.2) is 4.39 Å². The Balaban J connectivity index is 1.66. The van der Waals surface area contributed by atoms with Crippen LogP contribution in [0.15, 0.2) is 48.5 Å². The molecule has 0 bridgehead atoms. The fourth-order valence-corrected chi connectivity index (χ4v) is 2.67. The van der Waals surface area contributed by atoms with Gasteiger partial charge in [-0.05, 0) is 42.3 Å². The highest BCUT2D eigenvalue weighted by Gasteiger charge is 2.07. The average Bonchev–Trinajstić information content (AvgIpc) is 2.56. The summed E-state index contributed by atoms with van der Waals surface area (Å²) in [4.78, 5) is 23.5. The second-order valence-corrected chi connectivity index (χ2v) is 6.24. The van der Waals surface area contributed by atoms with Crippen molar-refractivity contribution in [1.82, 2.24) is 5.32 Å². The molecule has 2 aromatic carbocycles. The Labute approximate surface area is 144 Å². The predicted molar refractivity (Wildman–Crippen MR) is 95.4 cm³/mol. The fraction of sp³-hybridized carbons (Fsp3) is 0.222. The topological polar surface area (TPSA) is 58.2 Å². The number of aryl methyl sites for hydroxylation is 1. The van der Waals surface area contributed by atoms with Crippen LogP contribution in [0.5, 0.6) is 0 Å². The standard InChI is InChI=1S/C18H19FN2O2S/c1-13-4-2-3-5-14(13)10-20-17(22)11-24-12-18(23)21-16-8-6-15(19)7-9-16/h2-9H,10-12H2,1H3,(H,20,22)(H,21,23). The fourth-order valence-electron chi connectivity index (χ4n) is 2.02. The van der Waals surface area contributed by atoms with E-state index in [2.05, 4.69) is 10.6 Å². The van der Waals surface area contributed by atoms with Crippen molar-refractivity contribution in [2.45, 2.75) is 13.5 Å². The molecule has 126 valence electrons. The van der Waals surface area contributed by atoms with Gasteiger partial charge in [-0.2, -0.15) is 0 Å². The lowest BCUT2D eigenvalue weighted by atomic mass is 10.1. The van der Waals surface area contributed by atoms with Crippen LogP contribution in [0.4, 0.5) is 10.1 Å².